The number of aryl methyl sites for hydroxylation is 1. The number of hydrogen-bond acceptors (Lipinski definition) is 4. The van der Waals surface area contributed by atoms with E-state index < -0.39 is 0 Å². The minimum absolute atomic E-state index is 0.00810. The van der Waals surface area contributed by atoms with Crippen LogP contribution in [0.5, 0.6) is 11.5 Å². The average molecular weight is 387 g/mol. The molecule has 122 valence electrons. The maximum atomic E-state index is 12.6. The molecule has 0 fully saturated rings. The molecule has 4 nitrogen and oxygen atoms in total. The fourth-order valence-corrected chi connectivity index (χ4v) is 2.88. The molecule has 0 amide bonds. The van der Waals surface area contributed by atoms with Gasteiger partial charge in [0.2, 0.25) is 5.78 Å². The number of ketones is 2. The highest BCUT2D eigenvalue weighted by Crippen LogP contribution is 2.37. The molecular formula is C19H15BrO4. The van der Waals surface area contributed by atoms with Gasteiger partial charge in [0.1, 0.15) is 18.1 Å². The molecule has 24 heavy (non-hydrogen) atoms. The molecule has 0 saturated carbocycles. The van der Waals surface area contributed by atoms with Crippen molar-refractivity contribution < 1.29 is 19.1 Å². The summed E-state index contributed by atoms with van der Waals surface area (Å²) in [5, 5.41) is 0. The lowest BCUT2D eigenvalue weighted by atomic mass is 10.0. The molecule has 1 aliphatic heterocycles. The summed E-state index contributed by atoms with van der Waals surface area (Å²) >= 11 is 3.46. The zero-order chi connectivity index (χ0) is 17.3. The number of carbonyl (C=O) groups is 2. The Morgan fingerprint density at radius 2 is 2.04 bits per heavy atom. The van der Waals surface area contributed by atoms with Gasteiger partial charge in [0.05, 0.1) is 5.56 Å². The molecule has 0 saturated heterocycles. The Morgan fingerprint density at radius 1 is 1.29 bits per heavy atom. The van der Waals surface area contributed by atoms with Gasteiger partial charge < -0.3 is 9.47 Å². The van der Waals surface area contributed by atoms with E-state index in [1.54, 1.807) is 18.2 Å². The van der Waals surface area contributed by atoms with Crippen molar-refractivity contribution in [3.05, 3.63) is 63.3 Å². The SMILES string of the molecule is CC(=O)COc1cc(C)c2c(c1)O/C(=C\c1ccccc1Br)C2=O. The quantitative estimate of drug-likeness (QED) is 0.733. The lowest BCUT2D eigenvalue weighted by molar-refractivity contribution is -0.118. The molecule has 3 rings (SSSR count). The maximum absolute atomic E-state index is 12.6. The molecule has 5 heteroatoms. The molecule has 0 radical (unpaired) electrons. The normalized spacial score (nSPS) is 14.5. The Hall–Kier alpha value is -2.40. The number of fused-ring (bicyclic) bond motifs is 1. The topological polar surface area (TPSA) is 52.6 Å². The number of benzene rings is 2. The predicted octanol–water partition coefficient (Wildman–Crippen LogP) is 4.34. The third-order valence-corrected chi connectivity index (χ3v) is 4.30. The van der Waals surface area contributed by atoms with Crippen LogP contribution in [0.3, 0.4) is 0 Å². The first-order valence-electron chi connectivity index (χ1n) is 7.41. The number of hydrogen-bond donors (Lipinski definition) is 0. The zero-order valence-electron chi connectivity index (χ0n) is 13.3. The molecule has 0 aromatic heterocycles. The number of rotatable bonds is 4. The lowest BCUT2D eigenvalue weighted by Gasteiger charge is -2.07. The van der Waals surface area contributed by atoms with Gasteiger partial charge in [-0.3, -0.25) is 9.59 Å². The molecule has 0 unspecified atom stereocenters. The van der Waals surface area contributed by atoms with Gasteiger partial charge in [-0.05, 0) is 43.2 Å². The van der Waals surface area contributed by atoms with Gasteiger partial charge in [-0.2, -0.15) is 0 Å². The number of halogens is 1. The predicted molar refractivity (Wildman–Crippen MR) is 94.4 cm³/mol. The molecule has 2 aromatic carbocycles. The van der Waals surface area contributed by atoms with E-state index in [9.17, 15) is 9.59 Å². The Labute approximate surface area is 148 Å². The maximum Gasteiger partial charge on any atom is 0.232 e. The van der Waals surface area contributed by atoms with Crippen molar-refractivity contribution in [3.8, 4) is 11.5 Å². The van der Waals surface area contributed by atoms with Gasteiger partial charge >= 0.3 is 0 Å². The summed E-state index contributed by atoms with van der Waals surface area (Å²) in [7, 11) is 0. The van der Waals surface area contributed by atoms with Crippen LogP contribution in [-0.4, -0.2) is 18.2 Å². The molecule has 0 aliphatic carbocycles. The third-order valence-electron chi connectivity index (χ3n) is 3.58. The summed E-state index contributed by atoms with van der Waals surface area (Å²) in [6.07, 6.45) is 1.71. The molecule has 2 aromatic rings. The number of carbonyl (C=O) groups excluding carboxylic acids is 2. The van der Waals surface area contributed by atoms with E-state index in [-0.39, 0.29) is 23.9 Å². The third kappa shape index (κ3) is 3.26. The van der Waals surface area contributed by atoms with E-state index in [0.29, 0.717) is 17.1 Å². The van der Waals surface area contributed by atoms with E-state index in [2.05, 4.69) is 15.9 Å². The van der Waals surface area contributed by atoms with E-state index in [1.165, 1.54) is 6.92 Å². The van der Waals surface area contributed by atoms with Crippen LogP contribution in [0.1, 0.15) is 28.4 Å². The Morgan fingerprint density at radius 3 is 2.75 bits per heavy atom. The second-order valence-corrected chi connectivity index (χ2v) is 6.42. The largest absolute Gasteiger partial charge is 0.486 e. The van der Waals surface area contributed by atoms with Crippen molar-refractivity contribution in [2.45, 2.75) is 13.8 Å². The van der Waals surface area contributed by atoms with Crippen molar-refractivity contribution in [1.29, 1.82) is 0 Å². The first-order valence-corrected chi connectivity index (χ1v) is 8.20. The van der Waals surface area contributed by atoms with Crippen molar-refractivity contribution in [2.75, 3.05) is 6.61 Å². The highest BCUT2D eigenvalue weighted by molar-refractivity contribution is 9.10. The zero-order valence-corrected chi connectivity index (χ0v) is 14.8. The Kier molecular flexibility index (Phi) is 4.53. The smallest absolute Gasteiger partial charge is 0.232 e. The van der Waals surface area contributed by atoms with Crippen molar-refractivity contribution in [1.82, 2.24) is 0 Å². The van der Waals surface area contributed by atoms with Crippen LogP contribution in [0.15, 0.2) is 46.6 Å². The monoisotopic (exact) mass is 386 g/mol. The summed E-state index contributed by atoms with van der Waals surface area (Å²) in [5.41, 5.74) is 2.15. The molecule has 0 N–H and O–H groups in total. The minimum Gasteiger partial charge on any atom is -0.486 e. The summed E-state index contributed by atoms with van der Waals surface area (Å²) in [4.78, 5) is 23.7. The molecule has 0 atom stereocenters. The summed E-state index contributed by atoms with van der Waals surface area (Å²) in [5.74, 6) is 1.01. The Bertz CT molecular complexity index is 868. The number of allylic oxidation sites excluding steroid dienone is 1. The van der Waals surface area contributed by atoms with Crippen LogP contribution in [0.4, 0.5) is 0 Å². The van der Waals surface area contributed by atoms with E-state index in [4.69, 9.17) is 9.47 Å². The van der Waals surface area contributed by atoms with Crippen molar-refractivity contribution in [3.63, 3.8) is 0 Å². The Balaban J connectivity index is 1.94. The first-order chi connectivity index (χ1) is 11.5. The second-order valence-electron chi connectivity index (χ2n) is 5.57. The van der Waals surface area contributed by atoms with Crippen LogP contribution < -0.4 is 9.47 Å². The van der Waals surface area contributed by atoms with Gasteiger partial charge in [0, 0.05) is 10.5 Å². The van der Waals surface area contributed by atoms with Gasteiger partial charge in [0.15, 0.2) is 11.5 Å². The average Bonchev–Trinajstić information content (AvgIpc) is 2.84. The van der Waals surface area contributed by atoms with Crippen LogP contribution in [-0.2, 0) is 4.79 Å². The summed E-state index contributed by atoms with van der Waals surface area (Å²) < 4.78 is 12.0. The van der Waals surface area contributed by atoms with E-state index in [1.807, 2.05) is 31.2 Å². The fraction of sp³-hybridized carbons (Fsp3) is 0.158. The number of ether oxygens (including phenoxy) is 2. The second kappa shape index (κ2) is 6.61. The summed E-state index contributed by atoms with van der Waals surface area (Å²) in [6, 6.07) is 11.0. The standard InChI is InChI=1S/C19H15BrO4/c1-11-7-14(23-10-12(2)21)9-16-18(11)19(22)17(24-16)8-13-5-3-4-6-15(13)20/h3-9H,10H2,1-2H3/b17-8-. The van der Waals surface area contributed by atoms with Crippen LogP contribution >= 0.6 is 15.9 Å². The molecule has 1 aliphatic rings. The van der Waals surface area contributed by atoms with Crippen LogP contribution in [0, 0.1) is 6.92 Å². The minimum atomic E-state index is -0.156. The van der Waals surface area contributed by atoms with Crippen molar-refractivity contribution in [2.24, 2.45) is 0 Å². The summed E-state index contributed by atoms with van der Waals surface area (Å²) in [6.45, 7) is 3.27. The van der Waals surface area contributed by atoms with Crippen LogP contribution in [0.2, 0.25) is 0 Å². The van der Waals surface area contributed by atoms with Gasteiger partial charge in [0.25, 0.3) is 0 Å². The lowest BCUT2D eigenvalue weighted by Crippen LogP contribution is -2.06. The molecule has 1 heterocycles. The van der Waals surface area contributed by atoms with E-state index in [0.717, 1.165) is 15.6 Å². The molecule has 0 bridgehead atoms. The van der Waals surface area contributed by atoms with Gasteiger partial charge in [-0.15, -0.1) is 0 Å². The van der Waals surface area contributed by atoms with Gasteiger partial charge in [-0.1, -0.05) is 34.1 Å². The first kappa shape index (κ1) is 16.5. The van der Waals surface area contributed by atoms with Gasteiger partial charge in [-0.25, -0.2) is 0 Å². The molecular weight excluding hydrogens is 372 g/mol. The number of Topliss-reactive ketones (excluding diaryl/α,β-unsaturated/α-hetero) is 2. The highest BCUT2D eigenvalue weighted by Gasteiger charge is 2.30. The molecule has 0 spiro atoms. The highest BCUT2D eigenvalue weighted by atomic mass is 79.9. The van der Waals surface area contributed by atoms with E-state index >= 15 is 0 Å². The van der Waals surface area contributed by atoms with Crippen molar-refractivity contribution >= 4 is 33.6 Å². The fourth-order valence-electron chi connectivity index (χ4n) is 2.48. The van der Waals surface area contributed by atoms with Crippen LogP contribution in [0.25, 0.3) is 6.08 Å².